The minimum atomic E-state index is -0.142. The van der Waals surface area contributed by atoms with Crippen LogP contribution in [-0.2, 0) is 17.9 Å². The van der Waals surface area contributed by atoms with E-state index in [1.807, 2.05) is 11.6 Å². The molecule has 1 saturated carbocycles. The van der Waals surface area contributed by atoms with Gasteiger partial charge >= 0.3 is 0 Å². The van der Waals surface area contributed by atoms with Crippen LogP contribution in [0, 0.1) is 6.92 Å². The molecule has 5 heteroatoms. The van der Waals surface area contributed by atoms with Crippen molar-refractivity contribution in [3.8, 4) is 0 Å². The van der Waals surface area contributed by atoms with Crippen molar-refractivity contribution in [2.45, 2.75) is 64.6 Å². The molecule has 0 spiro atoms. The summed E-state index contributed by atoms with van der Waals surface area (Å²) in [5.41, 5.74) is 8.04. The normalized spacial score (nSPS) is 18.7. The van der Waals surface area contributed by atoms with Crippen LogP contribution < -0.4 is 5.73 Å². The minimum absolute atomic E-state index is 0.142. The van der Waals surface area contributed by atoms with E-state index in [1.165, 1.54) is 19.3 Å². The number of hydrogen-bond acceptors (Lipinski definition) is 3. The average Bonchev–Trinajstić information content (AvgIpc) is 2.67. The second kappa shape index (κ2) is 6.25. The standard InChI is InChI=1S/C14H24ClN3O/c1-3-18-12(13(15)11(2)17-18)9-19-10-14(16)7-5-4-6-8-14/h3-10,16H2,1-2H3. The first-order valence-corrected chi connectivity index (χ1v) is 7.52. The number of rotatable bonds is 5. The van der Waals surface area contributed by atoms with Crippen LogP contribution in [0.25, 0.3) is 0 Å². The number of aryl methyl sites for hydroxylation is 2. The molecule has 0 atom stereocenters. The SMILES string of the molecule is CCn1nc(C)c(Cl)c1COCC1(N)CCCCC1. The summed E-state index contributed by atoms with van der Waals surface area (Å²) in [5.74, 6) is 0. The van der Waals surface area contributed by atoms with E-state index < -0.39 is 0 Å². The molecule has 1 aliphatic rings. The van der Waals surface area contributed by atoms with Crippen molar-refractivity contribution in [3.05, 3.63) is 16.4 Å². The quantitative estimate of drug-likeness (QED) is 0.905. The molecule has 1 aromatic heterocycles. The largest absolute Gasteiger partial charge is 0.373 e. The first-order chi connectivity index (χ1) is 9.06. The Morgan fingerprint density at radius 3 is 2.68 bits per heavy atom. The van der Waals surface area contributed by atoms with Crippen LogP contribution in [0.5, 0.6) is 0 Å². The molecule has 0 saturated heterocycles. The Labute approximate surface area is 120 Å². The van der Waals surface area contributed by atoms with Crippen LogP contribution in [-0.4, -0.2) is 21.9 Å². The van der Waals surface area contributed by atoms with Gasteiger partial charge in [0.2, 0.25) is 0 Å². The first-order valence-electron chi connectivity index (χ1n) is 7.14. The molecule has 0 radical (unpaired) electrons. The fraction of sp³-hybridized carbons (Fsp3) is 0.786. The first kappa shape index (κ1) is 14.8. The lowest BCUT2D eigenvalue weighted by Gasteiger charge is -2.33. The summed E-state index contributed by atoms with van der Waals surface area (Å²) in [6.45, 7) is 5.88. The molecule has 0 aromatic carbocycles. The Bertz CT molecular complexity index is 425. The maximum absolute atomic E-state index is 6.36. The third kappa shape index (κ3) is 3.50. The number of aromatic nitrogens is 2. The molecule has 0 amide bonds. The van der Waals surface area contributed by atoms with E-state index >= 15 is 0 Å². The van der Waals surface area contributed by atoms with Gasteiger partial charge in [0.25, 0.3) is 0 Å². The summed E-state index contributed by atoms with van der Waals surface area (Å²) in [4.78, 5) is 0. The second-order valence-corrected chi connectivity index (χ2v) is 5.96. The molecule has 2 rings (SSSR count). The molecule has 1 aromatic rings. The van der Waals surface area contributed by atoms with Gasteiger partial charge in [-0.1, -0.05) is 30.9 Å². The van der Waals surface area contributed by atoms with Gasteiger partial charge in [-0.25, -0.2) is 0 Å². The summed E-state index contributed by atoms with van der Waals surface area (Å²) in [5, 5.41) is 5.10. The van der Waals surface area contributed by atoms with Gasteiger partial charge < -0.3 is 10.5 Å². The van der Waals surface area contributed by atoms with Crippen molar-refractivity contribution in [1.29, 1.82) is 0 Å². The van der Waals surface area contributed by atoms with Gasteiger partial charge in [0.1, 0.15) is 0 Å². The van der Waals surface area contributed by atoms with Gasteiger partial charge in [0.15, 0.2) is 0 Å². The highest BCUT2D eigenvalue weighted by Gasteiger charge is 2.27. The van der Waals surface area contributed by atoms with E-state index in [-0.39, 0.29) is 5.54 Å². The predicted molar refractivity (Wildman–Crippen MR) is 77.3 cm³/mol. The highest BCUT2D eigenvalue weighted by molar-refractivity contribution is 6.31. The van der Waals surface area contributed by atoms with Gasteiger partial charge in [-0.2, -0.15) is 5.10 Å². The van der Waals surface area contributed by atoms with Crippen LogP contribution in [0.15, 0.2) is 0 Å². The molecule has 108 valence electrons. The van der Waals surface area contributed by atoms with Gasteiger partial charge in [-0.15, -0.1) is 0 Å². The Morgan fingerprint density at radius 1 is 1.37 bits per heavy atom. The van der Waals surface area contributed by atoms with Crippen molar-refractivity contribution in [2.24, 2.45) is 5.73 Å². The molecule has 1 fully saturated rings. The molecule has 19 heavy (non-hydrogen) atoms. The smallest absolute Gasteiger partial charge is 0.0900 e. The zero-order valence-corrected chi connectivity index (χ0v) is 12.7. The highest BCUT2D eigenvalue weighted by Crippen LogP contribution is 2.27. The van der Waals surface area contributed by atoms with Gasteiger partial charge in [-0.05, 0) is 26.7 Å². The average molecular weight is 286 g/mol. The molecule has 0 unspecified atom stereocenters. The van der Waals surface area contributed by atoms with E-state index in [0.29, 0.717) is 13.2 Å². The summed E-state index contributed by atoms with van der Waals surface area (Å²) in [6.07, 6.45) is 5.85. The lowest BCUT2D eigenvalue weighted by atomic mass is 9.83. The van der Waals surface area contributed by atoms with E-state index in [2.05, 4.69) is 12.0 Å². The van der Waals surface area contributed by atoms with Crippen LogP contribution in [0.3, 0.4) is 0 Å². The van der Waals surface area contributed by atoms with Gasteiger partial charge in [-0.3, -0.25) is 4.68 Å². The van der Waals surface area contributed by atoms with Gasteiger partial charge in [0.05, 0.1) is 29.6 Å². The Kier molecular flexibility index (Phi) is 4.87. The number of ether oxygens (including phenoxy) is 1. The zero-order valence-electron chi connectivity index (χ0n) is 11.9. The Morgan fingerprint density at radius 2 is 2.05 bits per heavy atom. The Balaban J connectivity index is 1.92. The molecule has 1 aliphatic carbocycles. The summed E-state index contributed by atoms with van der Waals surface area (Å²) < 4.78 is 7.73. The molecule has 0 bridgehead atoms. The topological polar surface area (TPSA) is 53.1 Å². The number of nitrogens with zero attached hydrogens (tertiary/aromatic N) is 2. The minimum Gasteiger partial charge on any atom is -0.373 e. The van der Waals surface area contributed by atoms with Crippen molar-refractivity contribution >= 4 is 11.6 Å². The van der Waals surface area contributed by atoms with Crippen molar-refractivity contribution in [2.75, 3.05) is 6.61 Å². The van der Waals surface area contributed by atoms with Crippen molar-refractivity contribution in [1.82, 2.24) is 9.78 Å². The number of nitrogens with two attached hydrogens (primary N) is 1. The fourth-order valence-electron chi connectivity index (χ4n) is 2.76. The predicted octanol–water partition coefficient (Wildman–Crippen LogP) is 3.04. The monoisotopic (exact) mass is 285 g/mol. The third-order valence-electron chi connectivity index (χ3n) is 3.93. The number of halogens is 1. The highest BCUT2D eigenvalue weighted by atomic mass is 35.5. The van der Waals surface area contributed by atoms with E-state index in [9.17, 15) is 0 Å². The van der Waals surface area contributed by atoms with E-state index in [0.717, 1.165) is 35.8 Å². The van der Waals surface area contributed by atoms with Crippen molar-refractivity contribution < 1.29 is 4.74 Å². The third-order valence-corrected chi connectivity index (χ3v) is 4.42. The summed E-state index contributed by atoms with van der Waals surface area (Å²) >= 11 is 6.25. The zero-order chi connectivity index (χ0) is 13.9. The summed E-state index contributed by atoms with van der Waals surface area (Å²) in [6, 6.07) is 0. The van der Waals surface area contributed by atoms with Crippen LogP contribution in [0.2, 0.25) is 5.02 Å². The number of hydrogen-bond donors (Lipinski definition) is 1. The van der Waals surface area contributed by atoms with Crippen LogP contribution in [0.1, 0.15) is 50.4 Å². The molecule has 4 nitrogen and oxygen atoms in total. The fourth-order valence-corrected chi connectivity index (χ4v) is 2.95. The molecular weight excluding hydrogens is 262 g/mol. The molecule has 1 heterocycles. The van der Waals surface area contributed by atoms with Crippen LogP contribution >= 0.6 is 11.6 Å². The van der Waals surface area contributed by atoms with Crippen molar-refractivity contribution in [3.63, 3.8) is 0 Å². The van der Waals surface area contributed by atoms with E-state index in [1.54, 1.807) is 0 Å². The molecule has 0 aliphatic heterocycles. The Hall–Kier alpha value is -0.580. The molecule has 2 N–H and O–H groups in total. The second-order valence-electron chi connectivity index (χ2n) is 5.58. The summed E-state index contributed by atoms with van der Waals surface area (Å²) in [7, 11) is 0. The van der Waals surface area contributed by atoms with E-state index in [4.69, 9.17) is 22.1 Å². The maximum Gasteiger partial charge on any atom is 0.0900 e. The van der Waals surface area contributed by atoms with Crippen LogP contribution in [0.4, 0.5) is 0 Å². The molecular formula is C14H24ClN3O. The lowest BCUT2D eigenvalue weighted by Crippen LogP contribution is -2.46. The maximum atomic E-state index is 6.36. The van der Waals surface area contributed by atoms with Gasteiger partial charge in [0, 0.05) is 12.1 Å². The lowest BCUT2D eigenvalue weighted by molar-refractivity contribution is 0.0540.